The summed E-state index contributed by atoms with van der Waals surface area (Å²) >= 11 is 30.3. The van der Waals surface area contributed by atoms with Gasteiger partial charge in [-0.25, -0.2) is 67.8 Å². The molecule has 5 amide bonds. The van der Waals surface area contributed by atoms with Gasteiger partial charge in [0.05, 0.1) is 77.3 Å². The van der Waals surface area contributed by atoms with Gasteiger partial charge < -0.3 is 64.5 Å². The number of amides is 5. The van der Waals surface area contributed by atoms with Gasteiger partial charge in [0.15, 0.2) is 0 Å². The monoisotopic (exact) mass is 2070 g/mol. The topological polar surface area (TPSA) is 520 Å². The Bertz CT molecular complexity index is 6030. The normalized spacial score (nSPS) is 15.4. The number of benzene rings is 10. The summed E-state index contributed by atoms with van der Waals surface area (Å²) in [5.41, 5.74) is 4.93. The summed E-state index contributed by atoms with van der Waals surface area (Å²) in [6.45, 7) is 4.24. The van der Waals surface area contributed by atoms with Crippen molar-refractivity contribution in [1.29, 1.82) is 0 Å². The van der Waals surface area contributed by atoms with Crippen LogP contribution in [0.4, 0.5) is 28.4 Å². The van der Waals surface area contributed by atoms with Crippen LogP contribution in [-0.2, 0) is 120 Å². The van der Waals surface area contributed by atoms with E-state index < -0.39 is 50.1 Å². The van der Waals surface area contributed by atoms with E-state index in [0.717, 1.165) is 44.9 Å². The molecular formula is C94H103Cl5N10O23S5. The number of carbonyl (C=O) groups is 5. The van der Waals surface area contributed by atoms with Crippen molar-refractivity contribution >= 4 is 166 Å². The third kappa shape index (κ3) is 34.2. The number of nitrogens with one attached hydrogen (secondary N) is 5. The van der Waals surface area contributed by atoms with Crippen LogP contribution in [-0.4, -0.2) is 143 Å². The molecule has 5 aliphatic rings. The van der Waals surface area contributed by atoms with E-state index in [1.807, 2.05) is 0 Å². The van der Waals surface area contributed by atoms with E-state index in [2.05, 4.69) is 26.6 Å². The maximum Gasteiger partial charge on any atom is 0.241 e. The zero-order valence-corrected chi connectivity index (χ0v) is 81.6. The molecule has 33 nitrogen and oxygen atoms in total. The van der Waals surface area contributed by atoms with Crippen LogP contribution in [0.1, 0.15) is 92.0 Å². The molecule has 2 atom stereocenters. The van der Waals surface area contributed by atoms with Crippen LogP contribution in [0.25, 0.3) is 0 Å². The second-order valence-electron chi connectivity index (χ2n) is 32.4. The van der Waals surface area contributed by atoms with Gasteiger partial charge in [0.25, 0.3) is 0 Å². The second-order valence-corrected chi connectivity index (χ2v) is 42.1. The van der Waals surface area contributed by atoms with Crippen molar-refractivity contribution in [2.24, 2.45) is 43.4 Å². The first-order chi connectivity index (χ1) is 65.1. The molecule has 5 fully saturated rings. The number of halogens is 5. The Morgan fingerprint density at radius 2 is 0.511 bits per heavy atom. The van der Waals surface area contributed by atoms with Gasteiger partial charge in [-0.1, -0.05) is 168 Å². The fourth-order valence-electron chi connectivity index (χ4n) is 14.1. The van der Waals surface area contributed by atoms with Gasteiger partial charge in [-0.15, -0.1) is 0 Å². The van der Waals surface area contributed by atoms with Crippen molar-refractivity contribution in [1.82, 2.24) is 0 Å². The Morgan fingerprint density at radius 1 is 0.285 bits per heavy atom. The molecule has 137 heavy (non-hydrogen) atoms. The quantitative estimate of drug-likeness (QED) is 0.0176. The molecule has 0 radical (unpaired) electrons. The maximum atomic E-state index is 12.3. The van der Waals surface area contributed by atoms with Crippen molar-refractivity contribution in [2.45, 2.75) is 133 Å². The minimum Gasteiger partial charge on any atom is -0.492 e. The Kier molecular flexibility index (Phi) is 39.3. The highest BCUT2D eigenvalue weighted by atomic mass is 35.5. The van der Waals surface area contributed by atoms with E-state index in [9.17, 15) is 66.1 Å². The van der Waals surface area contributed by atoms with Gasteiger partial charge in [0.2, 0.25) is 79.7 Å². The predicted molar refractivity (Wildman–Crippen MR) is 522 cm³/mol. The average Bonchev–Trinajstić information content (AvgIpc) is 0.857. The SMILES string of the molecule is NS(=O)(=O)c1cc(NC(=O)Cc2ccccc2Cl)ccc1OCC1CCC1.NS(=O)(=O)c1cc(NC(=O)Cc2ccccc2Cl)ccc1OCC1CCCC1.NS(=O)(=O)c1cc(NC(=O)Cc2ccccc2Cl)ccc1OCC1CCCO1.NS(=O)(=O)c1cc(NC(=O)Cc2ccccc2Cl)ccc1OCC1CCO1.NS(=O)(=O)c1cc(NC(=O)Cc2ccccc2Cl)ccc1OCC1COC1. The predicted octanol–water partition coefficient (Wildman–Crippen LogP) is 14.3. The first-order valence-corrected chi connectivity index (χ1v) is 52.7. The Hall–Kier alpha value is -10.6. The molecule has 15 rings (SSSR count). The number of rotatable bonds is 35. The minimum atomic E-state index is -4.04. The smallest absolute Gasteiger partial charge is 0.241 e. The average molecular weight is 2080 g/mol. The summed E-state index contributed by atoms with van der Waals surface area (Å²) in [6, 6.07) is 56.9. The van der Waals surface area contributed by atoms with Gasteiger partial charge in [-0.3, -0.25) is 24.0 Å². The van der Waals surface area contributed by atoms with Crippen LogP contribution < -0.4 is 76.0 Å². The second kappa shape index (κ2) is 50.3. The summed E-state index contributed by atoms with van der Waals surface area (Å²) < 4.78 is 163. The number of hydrogen-bond acceptors (Lipinski definition) is 23. The van der Waals surface area contributed by atoms with Gasteiger partial charge >= 0.3 is 0 Å². The molecule has 732 valence electrons. The highest BCUT2D eigenvalue weighted by molar-refractivity contribution is 7.90. The van der Waals surface area contributed by atoms with E-state index in [4.69, 9.17) is 122 Å². The summed E-state index contributed by atoms with van der Waals surface area (Å²) in [5, 5.41) is 42.3. The van der Waals surface area contributed by atoms with Crippen molar-refractivity contribution in [3.05, 3.63) is 265 Å². The Morgan fingerprint density at radius 3 is 0.708 bits per heavy atom. The van der Waals surface area contributed by atoms with Crippen LogP contribution >= 0.6 is 58.0 Å². The molecular weight excluding hydrogens is 1970 g/mol. The minimum absolute atomic E-state index is 0.0478. The van der Waals surface area contributed by atoms with Crippen molar-refractivity contribution in [3.8, 4) is 28.7 Å². The molecule has 2 aliphatic carbocycles. The first-order valence-electron chi connectivity index (χ1n) is 43.1. The highest BCUT2D eigenvalue weighted by Crippen LogP contribution is 2.37. The van der Waals surface area contributed by atoms with Gasteiger partial charge in [0.1, 0.15) is 66.4 Å². The molecule has 3 heterocycles. The number of hydrogen-bond donors (Lipinski definition) is 10. The van der Waals surface area contributed by atoms with Crippen molar-refractivity contribution in [3.63, 3.8) is 0 Å². The number of primary sulfonamides is 5. The lowest BCUT2D eigenvalue weighted by atomic mass is 9.86. The molecule has 2 unspecified atom stereocenters. The zero-order chi connectivity index (χ0) is 98.6. The van der Waals surface area contributed by atoms with Crippen molar-refractivity contribution < 1.29 is 104 Å². The summed E-state index contributed by atoms with van der Waals surface area (Å²) in [5.74, 6) is 0.301. The van der Waals surface area contributed by atoms with Crippen LogP contribution in [0.15, 0.2) is 237 Å². The van der Waals surface area contributed by atoms with Gasteiger partial charge in [-0.05, 0) is 200 Å². The zero-order valence-electron chi connectivity index (χ0n) is 73.8. The third-order valence-corrected chi connectivity index (χ3v) is 28.2. The Balaban J connectivity index is 0.000000164. The molecule has 0 spiro atoms. The van der Waals surface area contributed by atoms with Crippen LogP contribution in [0, 0.1) is 17.8 Å². The summed E-state index contributed by atoms with van der Waals surface area (Å²) in [4.78, 5) is 60.5. The summed E-state index contributed by atoms with van der Waals surface area (Å²) in [7, 11) is -20.1. The summed E-state index contributed by atoms with van der Waals surface area (Å²) in [6.07, 6.45) is 10.7. The van der Waals surface area contributed by atoms with Crippen LogP contribution in [0.2, 0.25) is 25.1 Å². The molecule has 3 saturated heterocycles. The van der Waals surface area contributed by atoms with E-state index in [0.29, 0.717) is 139 Å². The van der Waals surface area contributed by atoms with Gasteiger partial charge in [0, 0.05) is 79.1 Å². The lowest BCUT2D eigenvalue weighted by molar-refractivity contribution is -0.116. The number of sulfonamides is 5. The van der Waals surface area contributed by atoms with Crippen molar-refractivity contribution in [2.75, 3.05) is 86.0 Å². The number of nitrogens with two attached hydrogens (primary N) is 5. The first kappa shape index (κ1) is 107. The molecule has 3 aliphatic heterocycles. The molecule has 0 bridgehead atoms. The standard InChI is InChI=1S/C20H23ClN2O4S.C19H21ClN2O5S.C19H21ClN2O4S.2C18H19ClN2O5S/c21-17-8-4-3-7-15(17)11-20(24)23-16-9-10-18(19(12-16)28(22,25)26)27-13-14-5-1-2-6-14;20-16-6-2-1-4-13(16)10-19(23)22-14-7-8-17(18(11-14)28(21,24)25)27-12-15-5-3-9-26-15;20-16-7-2-1-6-14(16)10-19(23)22-15-8-9-17(18(11-15)27(21,24)25)26-12-13-4-3-5-13;19-15-4-2-1-3-13(15)7-18(22)21-14-5-6-16(17(8-14)27(20,23)24)26-11-12-9-25-10-12;19-15-4-2-1-3-12(15)9-18(22)21-13-5-6-16(17(10-13)27(20,23)24)26-11-14-7-8-25-14/h3-4,7-10,12,14H,1-2,5-6,11,13H2,(H,23,24)(H2,22,25,26);1-2,4,6-8,11,15H,3,5,9-10,12H2,(H,22,23)(H2,21,24,25);1-2,6-9,11,13H,3-5,10,12H2,(H,22,23)(H2,21,24,25);1-6,8,12H,7,9-11H2,(H,21,22)(H2,20,23,24);1-6,10,14H,7-9,11H2,(H,21,22)(H2,20,23,24). The molecule has 0 aromatic heterocycles. The van der Waals surface area contributed by atoms with Crippen LogP contribution in [0.5, 0.6) is 28.7 Å². The number of carbonyl (C=O) groups excluding carboxylic acids is 5. The molecule has 2 saturated carbocycles. The maximum absolute atomic E-state index is 12.3. The van der Waals surface area contributed by atoms with Crippen LogP contribution in [0.3, 0.4) is 0 Å². The molecule has 15 N–H and O–H groups in total. The molecule has 43 heteroatoms. The largest absolute Gasteiger partial charge is 0.492 e. The Labute approximate surface area is 820 Å². The lowest BCUT2D eigenvalue weighted by Gasteiger charge is -2.26. The van der Waals surface area contributed by atoms with E-state index in [-0.39, 0.29) is 146 Å². The third-order valence-electron chi connectivity index (χ3n) is 21.7. The number of ether oxygens (including phenoxy) is 8. The lowest BCUT2D eigenvalue weighted by Crippen LogP contribution is -2.32. The fourth-order valence-corrected chi connectivity index (χ4v) is 18.6. The van der Waals surface area contributed by atoms with E-state index in [1.54, 1.807) is 152 Å². The highest BCUT2D eigenvalue weighted by Gasteiger charge is 2.29. The fraction of sp³-hybridized carbons (Fsp3) is 0.309. The molecule has 10 aromatic rings. The van der Waals surface area contributed by atoms with Gasteiger partial charge in [-0.2, -0.15) is 0 Å². The molecule has 10 aromatic carbocycles. The van der Waals surface area contributed by atoms with E-state index >= 15 is 0 Å². The number of anilines is 5. The van der Waals surface area contributed by atoms with E-state index in [1.165, 1.54) is 79.9 Å².